The third-order valence-electron chi connectivity index (χ3n) is 8.31. The summed E-state index contributed by atoms with van der Waals surface area (Å²) in [5.41, 5.74) is 8.02. The van der Waals surface area contributed by atoms with Crippen molar-refractivity contribution in [1.82, 2.24) is 10.3 Å². The maximum atomic E-state index is 13.9. The molecule has 3 aromatic rings. The van der Waals surface area contributed by atoms with Crippen LogP contribution < -0.4 is 15.8 Å². The van der Waals surface area contributed by atoms with Crippen LogP contribution in [-0.4, -0.2) is 61.3 Å². The van der Waals surface area contributed by atoms with Crippen LogP contribution in [0.4, 0.5) is 0 Å². The number of esters is 2. The van der Waals surface area contributed by atoms with Crippen LogP contribution in [0.25, 0.3) is 17.2 Å². The van der Waals surface area contributed by atoms with Gasteiger partial charge in [0.15, 0.2) is 11.5 Å². The van der Waals surface area contributed by atoms with Gasteiger partial charge in [0.1, 0.15) is 30.5 Å². The largest absolute Gasteiger partial charge is 0.496 e. The number of pyridine rings is 1. The number of hydrogen-bond donors (Lipinski definition) is 3. The number of hydrogen-bond acceptors (Lipinski definition) is 9. The second-order valence-electron chi connectivity index (χ2n) is 12.1. The van der Waals surface area contributed by atoms with Gasteiger partial charge in [-0.1, -0.05) is 57.7 Å². The highest BCUT2D eigenvalue weighted by Gasteiger charge is 2.26. The van der Waals surface area contributed by atoms with Crippen LogP contribution in [0.15, 0.2) is 55.1 Å². The van der Waals surface area contributed by atoms with Gasteiger partial charge < -0.3 is 25.3 Å². The van der Waals surface area contributed by atoms with Crippen LogP contribution in [0.5, 0.6) is 5.75 Å². The molecule has 11 heteroatoms. The number of benzene rings is 2. The van der Waals surface area contributed by atoms with E-state index in [-0.39, 0.29) is 65.6 Å². The Bertz CT molecular complexity index is 1710. The number of amides is 1. The van der Waals surface area contributed by atoms with Gasteiger partial charge in [-0.2, -0.15) is 0 Å². The van der Waals surface area contributed by atoms with Crippen molar-refractivity contribution in [2.45, 2.75) is 40.0 Å². The van der Waals surface area contributed by atoms with E-state index in [1.807, 2.05) is 13.8 Å². The quantitative estimate of drug-likeness (QED) is 0.0614. The molecule has 1 heterocycles. The summed E-state index contributed by atoms with van der Waals surface area (Å²) in [6, 6.07) is 13.1. The van der Waals surface area contributed by atoms with E-state index in [4.69, 9.17) is 25.4 Å². The lowest BCUT2D eigenvalue weighted by molar-refractivity contribution is -0.150. The van der Waals surface area contributed by atoms with E-state index < -0.39 is 17.8 Å². The minimum atomic E-state index is -0.861. The summed E-state index contributed by atoms with van der Waals surface area (Å²) in [6.45, 7) is 9.54. The lowest BCUT2D eigenvalue weighted by Gasteiger charge is -2.17. The molecule has 1 aliphatic rings. The lowest BCUT2D eigenvalue weighted by atomic mass is 9.90. The molecule has 0 saturated heterocycles. The Morgan fingerprint density at radius 3 is 2.31 bits per heavy atom. The van der Waals surface area contributed by atoms with Crippen molar-refractivity contribution < 1.29 is 33.4 Å². The van der Waals surface area contributed by atoms with Crippen LogP contribution in [0.3, 0.4) is 0 Å². The Morgan fingerprint density at radius 1 is 1.02 bits per heavy atom. The number of ether oxygens (including phenoxy) is 3. The number of rotatable bonds is 16. The SMILES string of the molecule is C=Cc1cc(C(=O)Cc2ccc(C(=N)N)cc2)c(-c2ccc(C(=O)NCC3CC3)nc2C(=O)OCCOC(=O)[C@@H](C)C(C)C)cc1OC. The van der Waals surface area contributed by atoms with Gasteiger partial charge in [-0.15, -0.1) is 0 Å². The standard InChI is InChI=1S/C37H42N4O7/c1-6-25-18-29(31(42)17-23-9-11-26(12-10-23)34(38)39)28(19-32(25)46-5)27-13-14-30(35(43)40-20-24-7-8-24)41-33(27)37(45)48-16-15-47-36(44)22(4)21(2)3/h6,9-14,18-19,21-22,24H,1,7-8,15-17,20H2,2-5H3,(H3,38,39)(H,40,43)/t22-/m0/s1. The zero-order chi connectivity index (χ0) is 35.0. The second-order valence-corrected chi connectivity index (χ2v) is 12.1. The highest BCUT2D eigenvalue weighted by atomic mass is 16.6. The van der Waals surface area contributed by atoms with Crippen LogP contribution in [0, 0.1) is 23.2 Å². The molecular formula is C37H42N4O7. The lowest BCUT2D eigenvalue weighted by Crippen LogP contribution is -2.27. The maximum Gasteiger partial charge on any atom is 0.357 e. The molecule has 4 rings (SSSR count). The van der Waals surface area contributed by atoms with Gasteiger partial charge in [0.25, 0.3) is 5.91 Å². The van der Waals surface area contributed by atoms with Crippen molar-refractivity contribution in [3.05, 3.63) is 88.8 Å². The number of amidine groups is 1. The number of methoxy groups -OCH3 is 1. The fraction of sp³-hybridized carbons (Fsp3) is 0.351. The average molecular weight is 655 g/mol. The van der Waals surface area contributed by atoms with E-state index in [2.05, 4.69) is 16.9 Å². The van der Waals surface area contributed by atoms with Gasteiger partial charge in [0.05, 0.1) is 13.0 Å². The number of nitrogens with zero attached hydrogens (tertiary/aromatic N) is 1. The Balaban J connectivity index is 1.71. The molecule has 1 saturated carbocycles. The molecule has 0 spiro atoms. The fourth-order valence-electron chi connectivity index (χ4n) is 4.83. The summed E-state index contributed by atoms with van der Waals surface area (Å²) >= 11 is 0. The number of nitrogens with one attached hydrogen (secondary N) is 2. The molecule has 252 valence electrons. The van der Waals surface area contributed by atoms with Crippen molar-refractivity contribution in [1.29, 1.82) is 5.41 Å². The summed E-state index contributed by atoms with van der Waals surface area (Å²) in [5, 5.41) is 10.5. The first-order valence-corrected chi connectivity index (χ1v) is 15.9. The number of nitrogens with two attached hydrogens (primary N) is 1. The summed E-state index contributed by atoms with van der Waals surface area (Å²) in [5.74, 6) is -1.46. The van der Waals surface area contributed by atoms with Crippen LogP contribution >= 0.6 is 0 Å². The number of Topliss-reactive ketones (excluding diaryl/α,β-unsaturated/α-hetero) is 1. The molecule has 0 bridgehead atoms. The Kier molecular flexibility index (Phi) is 11.8. The number of carbonyl (C=O) groups is 4. The Hall–Kier alpha value is -5.32. The minimum Gasteiger partial charge on any atom is -0.496 e. The first-order valence-electron chi connectivity index (χ1n) is 15.9. The third-order valence-corrected chi connectivity index (χ3v) is 8.31. The molecule has 2 aromatic carbocycles. The molecule has 1 fully saturated rings. The first kappa shape index (κ1) is 35.5. The average Bonchev–Trinajstić information content (AvgIpc) is 3.92. The van der Waals surface area contributed by atoms with Gasteiger partial charge in [0, 0.05) is 35.2 Å². The minimum absolute atomic E-state index is 0.00310. The normalized spacial score (nSPS) is 12.9. The zero-order valence-electron chi connectivity index (χ0n) is 27.8. The third kappa shape index (κ3) is 8.93. The highest BCUT2D eigenvalue weighted by molar-refractivity contribution is 6.07. The topological polar surface area (TPSA) is 171 Å². The molecule has 1 aromatic heterocycles. The molecule has 1 amide bonds. The van der Waals surface area contributed by atoms with Crippen LogP contribution in [0.2, 0.25) is 0 Å². The van der Waals surface area contributed by atoms with E-state index >= 15 is 0 Å². The second kappa shape index (κ2) is 16.0. The maximum absolute atomic E-state index is 13.9. The predicted octanol–water partition coefficient (Wildman–Crippen LogP) is 5.24. The van der Waals surface area contributed by atoms with Crippen molar-refractivity contribution in [3.8, 4) is 16.9 Å². The van der Waals surface area contributed by atoms with Crippen molar-refractivity contribution in [3.63, 3.8) is 0 Å². The predicted molar refractivity (Wildman–Crippen MR) is 182 cm³/mol. The smallest absolute Gasteiger partial charge is 0.357 e. The highest BCUT2D eigenvalue weighted by Crippen LogP contribution is 2.35. The summed E-state index contributed by atoms with van der Waals surface area (Å²) in [6.07, 6.45) is 3.66. The molecule has 0 radical (unpaired) electrons. The van der Waals surface area contributed by atoms with E-state index in [0.717, 1.165) is 12.8 Å². The van der Waals surface area contributed by atoms with E-state index in [0.29, 0.717) is 40.5 Å². The molecule has 0 unspecified atom stereocenters. The van der Waals surface area contributed by atoms with Gasteiger partial charge in [0.2, 0.25) is 0 Å². The van der Waals surface area contributed by atoms with Gasteiger partial charge in [-0.05, 0) is 60.1 Å². The number of ketones is 1. The molecule has 4 N–H and O–H groups in total. The summed E-state index contributed by atoms with van der Waals surface area (Å²) in [7, 11) is 1.48. The van der Waals surface area contributed by atoms with Crippen LogP contribution in [0.1, 0.15) is 81.6 Å². The molecule has 1 atom stereocenters. The molecule has 11 nitrogen and oxygen atoms in total. The Morgan fingerprint density at radius 2 is 1.71 bits per heavy atom. The van der Waals surface area contributed by atoms with Crippen molar-refractivity contribution >= 4 is 35.5 Å². The van der Waals surface area contributed by atoms with Crippen molar-refractivity contribution in [2.24, 2.45) is 23.5 Å². The monoisotopic (exact) mass is 654 g/mol. The molecule has 48 heavy (non-hydrogen) atoms. The molecule has 1 aliphatic carbocycles. The molecule has 0 aliphatic heterocycles. The summed E-state index contributed by atoms with van der Waals surface area (Å²) < 4.78 is 16.3. The van der Waals surface area contributed by atoms with E-state index in [1.165, 1.54) is 13.2 Å². The van der Waals surface area contributed by atoms with Gasteiger partial charge in [-0.25, -0.2) is 9.78 Å². The van der Waals surface area contributed by atoms with Gasteiger partial charge >= 0.3 is 11.9 Å². The van der Waals surface area contributed by atoms with Gasteiger partial charge in [-0.3, -0.25) is 19.8 Å². The summed E-state index contributed by atoms with van der Waals surface area (Å²) in [4.78, 5) is 57.2. The number of carbonyl (C=O) groups excluding carboxylic acids is 4. The number of nitrogen functional groups attached to an aromatic ring is 1. The Labute approximate surface area is 280 Å². The van der Waals surface area contributed by atoms with Crippen molar-refractivity contribution in [2.75, 3.05) is 26.9 Å². The van der Waals surface area contributed by atoms with Crippen LogP contribution in [-0.2, 0) is 20.7 Å². The fourth-order valence-corrected chi connectivity index (χ4v) is 4.83. The number of aromatic nitrogens is 1. The molecular weight excluding hydrogens is 612 g/mol. The first-order chi connectivity index (χ1) is 22.9. The van der Waals surface area contributed by atoms with E-state index in [1.54, 1.807) is 55.5 Å². The zero-order valence-corrected chi connectivity index (χ0v) is 27.8. The van der Waals surface area contributed by atoms with E-state index in [9.17, 15) is 19.2 Å².